The number of fused-ring (bicyclic) bond motifs is 1. The van der Waals surface area contributed by atoms with E-state index in [1.54, 1.807) is 0 Å². The minimum Gasteiger partial charge on any atom is -0.378 e. The third kappa shape index (κ3) is 1.69. The lowest BCUT2D eigenvalue weighted by Crippen LogP contribution is -2.36. The number of ether oxygens (including phenoxy) is 1. The molecule has 0 radical (unpaired) electrons. The second kappa shape index (κ2) is 4.12. The van der Waals surface area contributed by atoms with Crippen molar-refractivity contribution in [1.29, 1.82) is 0 Å². The summed E-state index contributed by atoms with van der Waals surface area (Å²) in [5, 5.41) is 3.59. The summed E-state index contributed by atoms with van der Waals surface area (Å²) < 4.78 is 7.91. The van der Waals surface area contributed by atoms with Crippen molar-refractivity contribution >= 4 is 22.7 Å². The van der Waals surface area contributed by atoms with E-state index in [0.29, 0.717) is 12.0 Å². The molecule has 5 heteroatoms. The van der Waals surface area contributed by atoms with Crippen LogP contribution in [0, 0.1) is 0 Å². The molecule has 1 aromatic heterocycles. The first-order chi connectivity index (χ1) is 9.67. The number of nitrogens with zero attached hydrogens (tertiary/aromatic N) is 2. The van der Waals surface area contributed by atoms with Gasteiger partial charge in [-0.15, -0.1) is 0 Å². The molecule has 1 unspecified atom stereocenters. The number of nitrogen functional groups attached to an aromatic ring is 1. The highest BCUT2D eigenvalue weighted by Crippen LogP contribution is 2.44. The lowest BCUT2D eigenvalue weighted by molar-refractivity contribution is -0.0562. The highest BCUT2D eigenvalue weighted by Gasteiger charge is 2.45. The smallest absolute Gasteiger partial charge is 0.201 e. The van der Waals surface area contributed by atoms with Gasteiger partial charge in [-0.1, -0.05) is 6.07 Å². The van der Waals surface area contributed by atoms with Crippen molar-refractivity contribution in [2.45, 2.75) is 37.3 Å². The molecule has 2 heterocycles. The number of nitrogens with two attached hydrogens (primary N) is 1. The Morgan fingerprint density at radius 2 is 2.30 bits per heavy atom. The van der Waals surface area contributed by atoms with Crippen molar-refractivity contribution in [3.05, 3.63) is 18.2 Å². The van der Waals surface area contributed by atoms with Gasteiger partial charge < -0.3 is 20.4 Å². The zero-order chi connectivity index (χ0) is 13.7. The molecule has 1 saturated heterocycles. The Morgan fingerprint density at radius 3 is 3.00 bits per heavy atom. The standard InChI is InChI=1S/C15H20N4O/c1-19-12-5-2-4-11(13(12)18-14(19)16)17-10-8-15(20-9-10)6-3-7-15/h2,4-5,10,17H,3,6-9H2,1H3,(H2,16,18). The van der Waals surface area contributed by atoms with E-state index in [1.807, 2.05) is 23.7 Å². The minimum absolute atomic E-state index is 0.175. The van der Waals surface area contributed by atoms with Gasteiger partial charge in [-0.25, -0.2) is 4.98 Å². The Balaban J connectivity index is 1.61. The maximum Gasteiger partial charge on any atom is 0.201 e. The monoisotopic (exact) mass is 272 g/mol. The van der Waals surface area contributed by atoms with Gasteiger partial charge in [0.15, 0.2) is 0 Å². The third-order valence-corrected chi connectivity index (χ3v) is 4.78. The van der Waals surface area contributed by atoms with Gasteiger partial charge in [0.1, 0.15) is 5.52 Å². The maximum absolute atomic E-state index is 5.99. The van der Waals surface area contributed by atoms with E-state index in [9.17, 15) is 0 Å². The summed E-state index contributed by atoms with van der Waals surface area (Å²) in [6.07, 6.45) is 4.84. The van der Waals surface area contributed by atoms with E-state index in [0.717, 1.165) is 29.7 Å². The van der Waals surface area contributed by atoms with Gasteiger partial charge in [-0.05, 0) is 37.8 Å². The van der Waals surface area contributed by atoms with Crippen molar-refractivity contribution < 1.29 is 4.74 Å². The van der Waals surface area contributed by atoms with Crippen LogP contribution in [0.25, 0.3) is 11.0 Å². The Bertz CT molecular complexity index is 659. The number of hydrogen-bond donors (Lipinski definition) is 2. The maximum atomic E-state index is 5.99. The summed E-state index contributed by atoms with van der Waals surface area (Å²) in [5.41, 5.74) is 9.14. The normalized spacial score (nSPS) is 24.1. The van der Waals surface area contributed by atoms with Crippen LogP contribution in [0.15, 0.2) is 18.2 Å². The van der Waals surface area contributed by atoms with Gasteiger partial charge in [-0.2, -0.15) is 0 Å². The van der Waals surface area contributed by atoms with E-state index in [2.05, 4.69) is 16.4 Å². The third-order valence-electron chi connectivity index (χ3n) is 4.78. The summed E-state index contributed by atoms with van der Waals surface area (Å²) >= 11 is 0. The number of nitrogens with one attached hydrogen (secondary N) is 1. The van der Waals surface area contributed by atoms with E-state index in [-0.39, 0.29) is 5.60 Å². The number of benzene rings is 1. The Labute approximate surface area is 118 Å². The fourth-order valence-electron chi connectivity index (χ4n) is 3.43. The molecule has 5 nitrogen and oxygen atoms in total. The van der Waals surface area contributed by atoms with E-state index < -0.39 is 0 Å². The van der Waals surface area contributed by atoms with Crippen LogP contribution >= 0.6 is 0 Å². The van der Waals surface area contributed by atoms with Crippen molar-refractivity contribution in [3.8, 4) is 0 Å². The van der Waals surface area contributed by atoms with Crippen molar-refractivity contribution in [2.75, 3.05) is 17.7 Å². The molecule has 2 aliphatic rings. The molecule has 1 atom stereocenters. The highest BCUT2D eigenvalue weighted by molar-refractivity contribution is 5.90. The molecule has 2 aromatic rings. The van der Waals surface area contributed by atoms with E-state index in [1.165, 1.54) is 19.3 Å². The first-order valence-corrected chi connectivity index (χ1v) is 7.28. The summed E-state index contributed by atoms with van der Waals surface area (Å²) in [6.45, 7) is 0.790. The number of hydrogen-bond acceptors (Lipinski definition) is 4. The minimum atomic E-state index is 0.175. The fraction of sp³-hybridized carbons (Fsp3) is 0.533. The number of aryl methyl sites for hydroxylation is 1. The lowest BCUT2D eigenvalue weighted by atomic mass is 9.77. The predicted octanol–water partition coefficient (Wildman–Crippen LogP) is 2.28. The first-order valence-electron chi connectivity index (χ1n) is 7.28. The van der Waals surface area contributed by atoms with Crippen LogP contribution in [0.2, 0.25) is 0 Å². The molecule has 1 aliphatic carbocycles. The van der Waals surface area contributed by atoms with Gasteiger partial charge in [0.2, 0.25) is 5.95 Å². The van der Waals surface area contributed by atoms with Crippen molar-refractivity contribution in [2.24, 2.45) is 7.05 Å². The van der Waals surface area contributed by atoms with Gasteiger partial charge in [0.25, 0.3) is 0 Å². The second-order valence-electron chi connectivity index (χ2n) is 6.10. The molecule has 1 aliphatic heterocycles. The first kappa shape index (κ1) is 12.0. The number of anilines is 2. The largest absolute Gasteiger partial charge is 0.378 e. The number of para-hydroxylation sites is 1. The van der Waals surface area contributed by atoms with Crippen LogP contribution in [-0.2, 0) is 11.8 Å². The fourth-order valence-corrected chi connectivity index (χ4v) is 3.43. The number of rotatable bonds is 2. The molecular formula is C15H20N4O. The zero-order valence-electron chi connectivity index (χ0n) is 11.7. The molecule has 1 spiro atoms. The molecular weight excluding hydrogens is 252 g/mol. The molecule has 2 fully saturated rings. The van der Waals surface area contributed by atoms with Gasteiger partial charge >= 0.3 is 0 Å². The summed E-state index contributed by atoms with van der Waals surface area (Å²) in [7, 11) is 1.94. The molecule has 3 N–H and O–H groups in total. The van der Waals surface area contributed by atoms with Crippen LogP contribution in [0.5, 0.6) is 0 Å². The average Bonchev–Trinajstić information content (AvgIpc) is 2.95. The molecule has 0 amide bonds. The molecule has 4 rings (SSSR count). The van der Waals surface area contributed by atoms with Crippen LogP contribution in [0.1, 0.15) is 25.7 Å². The van der Waals surface area contributed by atoms with Crippen LogP contribution < -0.4 is 11.1 Å². The number of imidazole rings is 1. The molecule has 0 bridgehead atoms. The Kier molecular flexibility index (Phi) is 2.48. The van der Waals surface area contributed by atoms with Gasteiger partial charge in [0, 0.05) is 7.05 Å². The van der Waals surface area contributed by atoms with E-state index in [4.69, 9.17) is 10.5 Å². The van der Waals surface area contributed by atoms with Crippen LogP contribution in [0.4, 0.5) is 11.6 Å². The summed E-state index contributed by atoms with van der Waals surface area (Å²) in [4.78, 5) is 4.46. The zero-order valence-corrected chi connectivity index (χ0v) is 11.7. The Morgan fingerprint density at radius 1 is 1.45 bits per heavy atom. The van der Waals surface area contributed by atoms with Gasteiger partial charge in [-0.3, -0.25) is 0 Å². The molecule has 1 aromatic carbocycles. The van der Waals surface area contributed by atoms with Crippen molar-refractivity contribution in [1.82, 2.24) is 9.55 Å². The molecule has 20 heavy (non-hydrogen) atoms. The van der Waals surface area contributed by atoms with Crippen LogP contribution in [0.3, 0.4) is 0 Å². The molecule has 1 saturated carbocycles. The van der Waals surface area contributed by atoms with Gasteiger partial charge in [0.05, 0.1) is 29.5 Å². The summed E-state index contributed by atoms with van der Waals surface area (Å²) in [5.74, 6) is 0.549. The molecule has 106 valence electrons. The quantitative estimate of drug-likeness (QED) is 0.880. The van der Waals surface area contributed by atoms with Crippen molar-refractivity contribution in [3.63, 3.8) is 0 Å². The lowest BCUT2D eigenvalue weighted by Gasteiger charge is -2.37. The topological polar surface area (TPSA) is 65.1 Å². The van der Waals surface area contributed by atoms with E-state index >= 15 is 0 Å². The number of aromatic nitrogens is 2. The predicted molar refractivity (Wildman–Crippen MR) is 79.7 cm³/mol. The summed E-state index contributed by atoms with van der Waals surface area (Å²) in [6, 6.07) is 6.54. The second-order valence-corrected chi connectivity index (χ2v) is 6.10. The SMILES string of the molecule is Cn1c(N)nc2c(NC3COC4(CCC4)C3)cccc21. The Hall–Kier alpha value is -1.75. The average molecular weight is 272 g/mol. The van der Waals surface area contributed by atoms with Crippen LogP contribution in [-0.4, -0.2) is 27.8 Å². The highest BCUT2D eigenvalue weighted by atomic mass is 16.5.